The van der Waals surface area contributed by atoms with Gasteiger partial charge < -0.3 is 5.73 Å². The fourth-order valence-corrected chi connectivity index (χ4v) is 3.93. The maximum Gasteiger partial charge on any atom is 0.0352 e. The van der Waals surface area contributed by atoms with E-state index in [1.54, 1.807) is 0 Å². The topological polar surface area (TPSA) is 26.0 Å². The molecule has 0 bridgehead atoms. The summed E-state index contributed by atoms with van der Waals surface area (Å²) in [4.78, 5) is 1.38. The molecular formula is C16H14BrNS. The van der Waals surface area contributed by atoms with E-state index >= 15 is 0 Å². The minimum Gasteiger partial charge on any atom is -0.330 e. The summed E-state index contributed by atoms with van der Waals surface area (Å²) >= 11 is 5.42. The molecule has 2 N–H and O–H groups in total. The van der Waals surface area contributed by atoms with Crippen LogP contribution in [0.4, 0.5) is 0 Å². The average Bonchev–Trinajstić information content (AvgIpc) is 2.77. The normalized spacial score (nSPS) is 11.1. The van der Waals surface area contributed by atoms with E-state index in [0.29, 0.717) is 6.54 Å². The number of nitrogens with two attached hydrogens (primary N) is 1. The zero-order chi connectivity index (χ0) is 13.2. The summed E-state index contributed by atoms with van der Waals surface area (Å²) < 4.78 is 2.44. The van der Waals surface area contributed by atoms with Gasteiger partial charge in [0.1, 0.15) is 0 Å². The number of thiophene rings is 1. The van der Waals surface area contributed by atoms with Crippen molar-refractivity contribution in [2.75, 3.05) is 6.54 Å². The first-order valence-electron chi connectivity index (χ1n) is 6.26. The first kappa shape index (κ1) is 12.9. The maximum atomic E-state index is 5.76. The molecule has 3 heteroatoms. The second-order valence-corrected chi connectivity index (χ2v) is 6.50. The van der Waals surface area contributed by atoms with E-state index in [1.165, 1.54) is 26.1 Å². The van der Waals surface area contributed by atoms with E-state index < -0.39 is 0 Å². The van der Waals surface area contributed by atoms with Crippen LogP contribution in [0.25, 0.3) is 21.2 Å². The smallest absolute Gasteiger partial charge is 0.0352 e. The molecule has 0 saturated carbocycles. The third-order valence-corrected chi connectivity index (χ3v) is 4.88. The standard InChI is InChI=1S/C16H14BrNS/c17-12-6-7-14-13(10-12)16(15(19-14)8-9-18)11-4-2-1-3-5-11/h1-7,10H,8-9,18H2. The van der Waals surface area contributed by atoms with Gasteiger partial charge in [0, 0.05) is 25.0 Å². The van der Waals surface area contributed by atoms with Gasteiger partial charge in [-0.3, -0.25) is 0 Å². The minimum atomic E-state index is 0.688. The van der Waals surface area contributed by atoms with E-state index in [4.69, 9.17) is 5.73 Å². The summed E-state index contributed by atoms with van der Waals surface area (Å²) in [6, 6.07) is 17.0. The summed E-state index contributed by atoms with van der Waals surface area (Å²) in [5.41, 5.74) is 8.37. The molecule has 3 rings (SSSR count). The Morgan fingerprint density at radius 1 is 1.05 bits per heavy atom. The molecule has 2 aromatic carbocycles. The Labute approximate surface area is 125 Å². The molecule has 0 atom stereocenters. The fraction of sp³-hybridized carbons (Fsp3) is 0.125. The first-order valence-corrected chi connectivity index (χ1v) is 7.87. The van der Waals surface area contributed by atoms with Crippen molar-refractivity contribution >= 4 is 37.4 Å². The Bertz CT molecular complexity index is 703. The number of halogens is 1. The zero-order valence-electron chi connectivity index (χ0n) is 10.4. The Morgan fingerprint density at radius 3 is 2.58 bits per heavy atom. The van der Waals surface area contributed by atoms with Crippen molar-refractivity contribution in [1.82, 2.24) is 0 Å². The largest absolute Gasteiger partial charge is 0.330 e. The van der Waals surface area contributed by atoms with Gasteiger partial charge in [-0.05, 0) is 36.7 Å². The van der Waals surface area contributed by atoms with Gasteiger partial charge in [0.05, 0.1) is 0 Å². The van der Waals surface area contributed by atoms with Gasteiger partial charge >= 0.3 is 0 Å². The summed E-state index contributed by atoms with van der Waals surface area (Å²) in [6.45, 7) is 0.688. The molecule has 1 heterocycles. The van der Waals surface area contributed by atoms with Crippen LogP contribution in [-0.4, -0.2) is 6.54 Å². The van der Waals surface area contributed by atoms with E-state index in [2.05, 4.69) is 64.5 Å². The zero-order valence-corrected chi connectivity index (χ0v) is 12.8. The number of benzene rings is 2. The van der Waals surface area contributed by atoms with Crippen LogP contribution in [0.3, 0.4) is 0 Å². The molecule has 3 aromatic rings. The van der Waals surface area contributed by atoms with Gasteiger partial charge in [-0.1, -0.05) is 46.3 Å². The Hall–Kier alpha value is -1.16. The van der Waals surface area contributed by atoms with Gasteiger partial charge in [-0.25, -0.2) is 0 Å². The second-order valence-electron chi connectivity index (χ2n) is 4.45. The maximum absolute atomic E-state index is 5.76. The summed E-state index contributed by atoms with van der Waals surface area (Å²) in [7, 11) is 0. The van der Waals surface area contributed by atoms with Crippen LogP contribution >= 0.6 is 27.3 Å². The highest BCUT2D eigenvalue weighted by atomic mass is 79.9. The van der Waals surface area contributed by atoms with Crippen molar-refractivity contribution in [1.29, 1.82) is 0 Å². The Kier molecular flexibility index (Phi) is 3.69. The van der Waals surface area contributed by atoms with Crippen molar-refractivity contribution in [3.8, 4) is 11.1 Å². The molecule has 0 aliphatic rings. The lowest BCUT2D eigenvalue weighted by Gasteiger charge is -2.04. The number of hydrogen-bond donors (Lipinski definition) is 1. The molecule has 96 valence electrons. The van der Waals surface area contributed by atoms with Crippen molar-refractivity contribution in [2.24, 2.45) is 5.73 Å². The second kappa shape index (κ2) is 5.45. The van der Waals surface area contributed by atoms with Crippen molar-refractivity contribution < 1.29 is 0 Å². The van der Waals surface area contributed by atoms with Crippen molar-refractivity contribution in [2.45, 2.75) is 6.42 Å². The lowest BCUT2D eigenvalue weighted by atomic mass is 10.0. The van der Waals surface area contributed by atoms with Crippen LogP contribution < -0.4 is 5.73 Å². The van der Waals surface area contributed by atoms with Gasteiger partial charge in [-0.2, -0.15) is 0 Å². The highest BCUT2D eigenvalue weighted by molar-refractivity contribution is 9.10. The van der Waals surface area contributed by atoms with Crippen LogP contribution in [0.1, 0.15) is 4.88 Å². The fourth-order valence-electron chi connectivity index (χ4n) is 2.35. The molecule has 19 heavy (non-hydrogen) atoms. The molecule has 0 spiro atoms. The van der Waals surface area contributed by atoms with Gasteiger partial charge in [-0.15, -0.1) is 11.3 Å². The molecule has 0 aliphatic carbocycles. The lowest BCUT2D eigenvalue weighted by Crippen LogP contribution is -2.01. The minimum absolute atomic E-state index is 0.688. The summed E-state index contributed by atoms with van der Waals surface area (Å²) in [5.74, 6) is 0. The Morgan fingerprint density at radius 2 is 1.84 bits per heavy atom. The molecule has 0 amide bonds. The summed E-state index contributed by atoms with van der Waals surface area (Å²) in [6.07, 6.45) is 0.932. The first-order chi connectivity index (χ1) is 9.29. The third-order valence-electron chi connectivity index (χ3n) is 3.16. The molecule has 1 aromatic heterocycles. The summed E-state index contributed by atoms with van der Waals surface area (Å²) in [5, 5.41) is 1.31. The van der Waals surface area contributed by atoms with Crippen LogP contribution in [0, 0.1) is 0 Å². The quantitative estimate of drug-likeness (QED) is 0.730. The molecule has 0 saturated heterocycles. The van der Waals surface area contributed by atoms with Crippen molar-refractivity contribution in [3.63, 3.8) is 0 Å². The van der Waals surface area contributed by atoms with E-state index in [1.807, 2.05) is 11.3 Å². The molecule has 0 unspecified atom stereocenters. The van der Waals surface area contributed by atoms with E-state index in [0.717, 1.165) is 10.9 Å². The SMILES string of the molecule is NCCc1sc2ccc(Br)cc2c1-c1ccccc1. The van der Waals surface area contributed by atoms with Crippen LogP contribution in [0.15, 0.2) is 53.0 Å². The molecule has 0 radical (unpaired) electrons. The predicted molar refractivity (Wildman–Crippen MR) is 87.7 cm³/mol. The van der Waals surface area contributed by atoms with Crippen molar-refractivity contribution in [3.05, 3.63) is 57.9 Å². The number of rotatable bonds is 3. The predicted octanol–water partition coefficient (Wildman–Crippen LogP) is 4.83. The molecular weight excluding hydrogens is 318 g/mol. The highest BCUT2D eigenvalue weighted by Gasteiger charge is 2.13. The van der Waals surface area contributed by atoms with E-state index in [9.17, 15) is 0 Å². The van der Waals surface area contributed by atoms with Crippen LogP contribution in [0.2, 0.25) is 0 Å². The molecule has 0 aliphatic heterocycles. The molecule has 1 nitrogen and oxygen atoms in total. The van der Waals surface area contributed by atoms with Crippen LogP contribution in [0.5, 0.6) is 0 Å². The van der Waals surface area contributed by atoms with Gasteiger partial charge in [0.25, 0.3) is 0 Å². The van der Waals surface area contributed by atoms with Gasteiger partial charge in [0.2, 0.25) is 0 Å². The third kappa shape index (κ3) is 2.46. The number of fused-ring (bicyclic) bond motifs is 1. The molecule has 0 fully saturated rings. The van der Waals surface area contributed by atoms with Gasteiger partial charge in [0.15, 0.2) is 0 Å². The monoisotopic (exact) mass is 331 g/mol. The highest BCUT2D eigenvalue weighted by Crippen LogP contribution is 2.40. The lowest BCUT2D eigenvalue weighted by molar-refractivity contribution is 0.990. The van der Waals surface area contributed by atoms with E-state index in [-0.39, 0.29) is 0 Å². The number of hydrogen-bond acceptors (Lipinski definition) is 2. The average molecular weight is 332 g/mol. The van der Waals surface area contributed by atoms with Crippen LogP contribution in [-0.2, 0) is 6.42 Å². The Balaban J connectivity index is 2.30.